The molecule has 0 saturated heterocycles. The molecule has 17 heavy (non-hydrogen) atoms. The molecule has 1 heterocycles. The van der Waals surface area contributed by atoms with Crippen molar-refractivity contribution < 1.29 is 4.39 Å². The summed E-state index contributed by atoms with van der Waals surface area (Å²) >= 11 is 3.15. The molecule has 1 aromatic carbocycles. The average molecular weight is 268 g/mol. The van der Waals surface area contributed by atoms with Crippen molar-refractivity contribution in [3.05, 3.63) is 46.2 Å². The fourth-order valence-corrected chi connectivity index (χ4v) is 3.25. The van der Waals surface area contributed by atoms with Gasteiger partial charge in [0.05, 0.1) is 5.75 Å². The van der Waals surface area contributed by atoms with Crippen LogP contribution in [0, 0.1) is 5.82 Å². The van der Waals surface area contributed by atoms with Gasteiger partial charge in [-0.3, -0.25) is 0 Å². The Morgan fingerprint density at radius 3 is 3.00 bits per heavy atom. The molecular weight excluding hydrogens is 255 g/mol. The monoisotopic (exact) mass is 268 g/mol. The standard InChI is InChI=1S/C12H13FN2S2/c1-14-6-9-7-15-12(17-9)8-16-11-5-3-2-4-10(11)13/h2-5,7,14H,6,8H2,1H3. The smallest absolute Gasteiger partial charge is 0.136 e. The van der Waals surface area contributed by atoms with E-state index >= 15 is 0 Å². The lowest BCUT2D eigenvalue weighted by Crippen LogP contribution is -2.02. The van der Waals surface area contributed by atoms with Gasteiger partial charge in [0.2, 0.25) is 0 Å². The molecule has 0 unspecified atom stereocenters. The lowest BCUT2D eigenvalue weighted by molar-refractivity contribution is 0.602. The Labute approximate surface area is 108 Å². The zero-order chi connectivity index (χ0) is 12.1. The van der Waals surface area contributed by atoms with E-state index in [4.69, 9.17) is 0 Å². The highest BCUT2D eigenvalue weighted by Crippen LogP contribution is 2.26. The number of thioether (sulfide) groups is 1. The number of rotatable bonds is 5. The van der Waals surface area contributed by atoms with Crippen LogP contribution < -0.4 is 5.32 Å². The summed E-state index contributed by atoms with van der Waals surface area (Å²) in [5.74, 6) is 0.555. The van der Waals surface area contributed by atoms with Crippen molar-refractivity contribution in [2.24, 2.45) is 0 Å². The lowest BCUT2D eigenvalue weighted by Gasteiger charge is -2.00. The van der Waals surface area contributed by atoms with Crippen molar-refractivity contribution in [3.8, 4) is 0 Å². The molecule has 0 radical (unpaired) electrons. The topological polar surface area (TPSA) is 24.9 Å². The van der Waals surface area contributed by atoms with Gasteiger partial charge in [-0.1, -0.05) is 12.1 Å². The van der Waals surface area contributed by atoms with Crippen LogP contribution in [-0.2, 0) is 12.3 Å². The molecule has 0 fully saturated rings. The third-order valence-electron chi connectivity index (χ3n) is 2.14. The number of benzene rings is 1. The second-order valence-electron chi connectivity index (χ2n) is 3.47. The van der Waals surface area contributed by atoms with Crippen molar-refractivity contribution >= 4 is 23.1 Å². The van der Waals surface area contributed by atoms with E-state index in [9.17, 15) is 4.39 Å². The number of hydrogen-bond acceptors (Lipinski definition) is 4. The van der Waals surface area contributed by atoms with Crippen LogP contribution >= 0.6 is 23.1 Å². The highest BCUT2D eigenvalue weighted by atomic mass is 32.2. The molecule has 0 atom stereocenters. The molecule has 0 amide bonds. The maximum absolute atomic E-state index is 13.4. The SMILES string of the molecule is CNCc1cnc(CSc2ccccc2F)s1. The zero-order valence-electron chi connectivity index (χ0n) is 9.44. The van der Waals surface area contributed by atoms with Crippen molar-refractivity contribution in [3.63, 3.8) is 0 Å². The van der Waals surface area contributed by atoms with Gasteiger partial charge in [-0.25, -0.2) is 9.37 Å². The molecule has 0 aliphatic heterocycles. The molecule has 1 N–H and O–H groups in total. The average Bonchev–Trinajstić information content (AvgIpc) is 2.76. The predicted molar refractivity (Wildman–Crippen MR) is 70.8 cm³/mol. The zero-order valence-corrected chi connectivity index (χ0v) is 11.1. The molecule has 90 valence electrons. The van der Waals surface area contributed by atoms with E-state index in [1.54, 1.807) is 23.5 Å². The van der Waals surface area contributed by atoms with Crippen LogP contribution in [0.25, 0.3) is 0 Å². The molecule has 2 rings (SSSR count). The Kier molecular flexibility index (Phi) is 4.53. The van der Waals surface area contributed by atoms with Crippen molar-refractivity contribution in [1.82, 2.24) is 10.3 Å². The summed E-state index contributed by atoms with van der Waals surface area (Å²) in [4.78, 5) is 6.20. The lowest BCUT2D eigenvalue weighted by atomic mass is 10.3. The van der Waals surface area contributed by atoms with Gasteiger partial charge in [0, 0.05) is 22.5 Å². The predicted octanol–water partition coefficient (Wildman–Crippen LogP) is 3.29. The first-order chi connectivity index (χ1) is 8.29. The van der Waals surface area contributed by atoms with E-state index in [-0.39, 0.29) is 5.82 Å². The number of aromatic nitrogens is 1. The van der Waals surface area contributed by atoms with Crippen LogP contribution in [0.2, 0.25) is 0 Å². The van der Waals surface area contributed by atoms with Crippen LogP contribution in [0.15, 0.2) is 35.4 Å². The van der Waals surface area contributed by atoms with E-state index in [1.165, 1.54) is 22.7 Å². The van der Waals surface area contributed by atoms with Crippen LogP contribution in [0.5, 0.6) is 0 Å². The second-order valence-corrected chi connectivity index (χ2v) is 5.69. The third kappa shape index (κ3) is 3.52. The number of thiazole rings is 1. The molecule has 0 aliphatic carbocycles. The quantitative estimate of drug-likeness (QED) is 0.842. The fraction of sp³-hybridized carbons (Fsp3) is 0.250. The number of halogens is 1. The summed E-state index contributed by atoms with van der Waals surface area (Å²) in [6, 6.07) is 6.83. The minimum Gasteiger partial charge on any atom is -0.315 e. The van der Waals surface area contributed by atoms with E-state index in [0.29, 0.717) is 4.90 Å². The fourth-order valence-electron chi connectivity index (χ4n) is 1.37. The van der Waals surface area contributed by atoms with Crippen LogP contribution in [-0.4, -0.2) is 12.0 Å². The Bertz CT molecular complexity index is 485. The second kappa shape index (κ2) is 6.14. The molecule has 0 aliphatic rings. The molecule has 2 aromatic rings. The molecule has 2 nitrogen and oxygen atoms in total. The first-order valence-electron chi connectivity index (χ1n) is 5.25. The normalized spacial score (nSPS) is 10.7. The van der Waals surface area contributed by atoms with E-state index in [0.717, 1.165) is 17.3 Å². The Hall–Kier alpha value is -0.910. The molecule has 1 aromatic heterocycles. The summed E-state index contributed by atoms with van der Waals surface area (Å²) in [7, 11) is 1.91. The minimum absolute atomic E-state index is 0.162. The van der Waals surface area contributed by atoms with Gasteiger partial charge in [0.15, 0.2) is 0 Å². The van der Waals surface area contributed by atoms with E-state index < -0.39 is 0 Å². The van der Waals surface area contributed by atoms with E-state index in [2.05, 4.69) is 10.3 Å². The van der Waals surface area contributed by atoms with Crippen LogP contribution in [0.3, 0.4) is 0 Å². The summed E-state index contributed by atoms with van der Waals surface area (Å²) in [6.07, 6.45) is 1.87. The molecule has 0 spiro atoms. The Balaban J connectivity index is 1.95. The third-order valence-corrected chi connectivity index (χ3v) is 4.38. The Morgan fingerprint density at radius 1 is 1.41 bits per heavy atom. The molecule has 0 saturated carbocycles. The first kappa shape index (κ1) is 12.5. The van der Waals surface area contributed by atoms with Gasteiger partial charge in [-0.2, -0.15) is 0 Å². The summed E-state index contributed by atoms with van der Waals surface area (Å²) in [6.45, 7) is 0.835. The summed E-state index contributed by atoms with van der Waals surface area (Å²) in [5, 5.41) is 4.11. The highest BCUT2D eigenvalue weighted by Gasteiger charge is 2.05. The first-order valence-corrected chi connectivity index (χ1v) is 7.05. The van der Waals surface area contributed by atoms with Crippen molar-refractivity contribution in [2.75, 3.05) is 7.05 Å². The van der Waals surface area contributed by atoms with E-state index in [1.807, 2.05) is 19.3 Å². The van der Waals surface area contributed by atoms with Crippen molar-refractivity contribution in [1.29, 1.82) is 0 Å². The van der Waals surface area contributed by atoms with Gasteiger partial charge in [-0.15, -0.1) is 23.1 Å². The van der Waals surface area contributed by atoms with Crippen molar-refractivity contribution in [2.45, 2.75) is 17.2 Å². The highest BCUT2D eigenvalue weighted by molar-refractivity contribution is 7.98. The number of hydrogen-bond donors (Lipinski definition) is 1. The van der Waals surface area contributed by atoms with Crippen LogP contribution in [0.1, 0.15) is 9.88 Å². The minimum atomic E-state index is -0.162. The van der Waals surface area contributed by atoms with Gasteiger partial charge >= 0.3 is 0 Å². The summed E-state index contributed by atoms with van der Waals surface area (Å²) < 4.78 is 13.4. The number of nitrogens with zero attached hydrogens (tertiary/aromatic N) is 1. The van der Waals surface area contributed by atoms with Crippen LogP contribution in [0.4, 0.5) is 4.39 Å². The summed E-state index contributed by atoms with van der Waals surface area (Å²) in [5.41, 5.74) is 0. The van der Waals surface area contributed by atoms with Gasteiger partial charge in [-0.05, 0) is 19.2 Å². The van der Waals surface area contributed by atoms with Gasteiger partial charge in [0.25, 0.3) is 0 Å². The maximum atomic E-state index is 13.4. The molecule has 0 bridgehead atoms. The van der Waals surface area contributed by atoms with Gasteiger partial charge in [0.1, 0.15) is 10.8 Å². The number of nitrogens with one attached hydrogen (secondary N) is 1. The van der Waals surface area contributed by atoms with Gasteiger partial charge < -0.3 is 5.32 Å². The molecular formula is C12H13FN2S2. The Morgan fingerprint density at radius 2 is 2.24 bits per heavy atom. The largest absolute Gasteiger partial charge is 0.315 e. The maximum Gasteiger partial charge on any atom is 0.136 e. The molecule has 5 heteroatoms.